The average Bonchev–Trinajstić information content (AvgIpc) is 2.32. The Hall–Kier alpha value is -1.01. The number of rotatable bonds is 4. The average molecular weight is 393 g/mol. The van der Waals surface area contributed by atoms with E-state index >= 15 is 0 Å². The van der Waals surface area contributed by atoms with Crippen LogP contribution in [0.15, 0.2) is 48.8 Å². The molecule has 0 spiro atoms. The Morgan fingerprint density at radius 2 is 1.25 bits per heavy atom. The molecule has 0 amide bonds. The van der Waals surface area contributed by atoms with Gasteiger partial charge in [-0.25, -0.2) is 0 Å². The fourth-order valence-electron chi connectivity index (χ4n) is 1.54. The zero-order valence-corrected chi connectivity index (χ0v) is 11.2. The van der Waals surface area contributed by atoms with Gasteiger partial charge in [0.2, 0.25) is 0 Å². The normalized spacial score (nSPS) is 9.50. The van der Waals surface area contributed by atoms with Crippen LogP contribution < -0.4 is 0 Å². The van der Waals surface area contributed by atoms with E-state index in [4.69, 9.17) is 0 Å². The Morgan fingerprint density at radius 1 is 0.750 bits per heavy atom. The molecule has 0 unspecified atom stereocenters. The van der Waals surface area contributed by atoms with Gasteiger partial charge in [0.1, 0.15) is 0 Å². The van der Waals surface area contributed by atoms with Crippen LogP contribution in [0.3, 0.4) is 0 Å². The molecule has 3 heteroatoms. The molecular weight excluding hydrogens is 379 g/mol. The van der Waals surface area contributed by atoms with Crippen LogP contribution in [-0.2, 0) is 33.9 Å². The van der Waals surface area contributed by atoms with Crippen LogP contribution in [-0.4, -0.2) is 9.97 Å². The molecule has 2 aromatic rings. The maximum atomic E-state index is 4.29. The minimum atomic E-state index is 0. The smallest absolute Gasteiger partial charge is 0.0403 e. The predicted molar refractivity (Wildman–Crippen MR) is 60.5 cm³/mol. The quantitative estimate of drug-likeness (QED) is 0.798. The molecule has 2 nitrogen and oxygen atoms in total. The maximum absolute atomic E-state index is 4.29. The van der Waals surface area contributed by atoms with Crippen molar-refractivity contribution in [1.82, 2.24) is 9.97 Å². The van der Waals surface area contributed by atoms with Gasteiger partial charge < -0.3 is 0 Å². The van der Waals surface area contributed by atoms with Crippen molar-refractivity contribution in [3.8, 4) is 0 Å². The first-order chi connectivity index (χ1) is 7.45. The predicted octanol–water partition coefficient (Wildman–Crippen LogP) is 2.65. The Kier molecular flexibility index (Phi) is 5.95. The van der Waals surface area contributed by atoms with E-state index in [2.05, 4.69) is 22.1 Å². The fraction of sp³-hybridized carbons (Fsp3) is 0.231. The van der Waals surface area contributed by atoms with E-state index in [9.17, 15) is 0 Å². The Balaban J connectivity index is 0.00000128. The van der Waals surface area contributed by atoms with Crippen LogP contribution in [0.5, 0.6) is 0 Å². The van der Waals surface area contributed by atoms with Crippen molar-refractivity contribution < 1.29 is 21.1 Å². The number of hydrogen-bond acceptors (Lipinski definition) is 2. The van der Waals surface area contributed by atoms with Crippen molar-refractivity contribution in [2.75, 3.05) is 0 Å². The number of hydrogen-bond donors (Lipinski definition) is 0. The zero-order valence-electron chi connectivity index (χ0n) is 8.95. The third-order valence-corrected chi connectivity index (χ3v) is 2.32. The monoisotopic (exact) mass is 393 g/mol. The first kappa shape index (κ1) is 13.1. The third kappa shape index (κ3) is 4.24. The molecule has 0 aliphatic carbocycles. The van der Waals surface area contributed by atoms with E-state index in [0.717, 1.165) is 30.7 Å². The largest absolute Gasteiger partial charge is 0.261 e. The minimum absolute atomic E-state index is 0. The molecule has 0 fully saturated rings. The topological polar surface area (TPSA) is 25.8 Å². The summed E-state index contributed by atoms with van der Waals surface area (Å²) in [6.45, 7) is 0. The Bertz CT molecular complexity index is 350. The van der Waals surface area contributed by atoms with Gasteiger partial charge in [-0.3, -0.25) is 9.97 Å². The van der Waals surface area contributed by atoms with E-state index in [0.29, 0.717) is 0 Å². The van der Waals surface area contributed by atoms with E-state index in [1.807, 2.05) is 36.7 Å². The zero-order chi connectivity index (χ0) is 10.3. The number of aryl methyl sites for hydroxylation is 2. The number of aromatic nitrogens is 2. The minimum Gasteiger partial charge on any atom is -0.261 e. The molecule has 86 valence electrons. The summed E-state index contributed by atoms with van der Waals surface area (Å²) in [5.41, 5.74) is 2.32. The van der Waals surface area contributed by atoms with Crippen molar-refractivity contribution in [3.05, 3.63) is 60.2 Å². The second-order valence-electron chi connectivity index (χ2n) is 3.50. The van der Waals surface area contributed by atoms with Gasteiger partial charge in [-0.2, -0.15) is 0 Å². The van der Waals surface area contributed by atoms with E-state index in [1.54, 1.807) is 0 Å². The summed E-state index contributed by atoms with van der Waals surface area (Å²) in [5, 5.41) is 0. The van der Waals surface area contributed by atoms with Crippen LogP contribution in [0.25, 0.3) is 0 Å². The van der Waals surface area contributed by atoms with Gasteiger partial charge in [0.05, 0.1) is 0 Å². The molecule has 0 bridgehead atoms. The Morgan fingerprint density at radius 3 is 1.62 bits per heavy atom. The van der Waals surface area contributed by atoms with Crippen molar-refractivity contribution in [2.45, 2.75) is 19.3 Å². The van der Waals surface area contributed by atoms with Gasteiger partial charge in [0, 0.05) is 44.8 Å². The maximum Gasteiger partial charge on any atom is 0.0403 e. The summed E-state index contributed by atoms with van der Waals surface area (Å²) in [7, 11) is 0. The van der Waals surface area contributed by atoms with Crippen molar-refractivity contribution >= 4 is 0 Å². The van der Waals surface area contributed by atoms with Crippen LogP contribution in [0.4, 0.5) is 0 Å². The van der Waals surface area contributed by atoms with Gasteiger partial charge in [-0.15, -0.1) is 0 Å². The van der Waals surface area contributed by atoms with E-state index in [1.165, 1.54) is 0 Å². The SMILES string of the molecule is [Pt].c1ccc(CCCc2ccccn2)nc1. The molecule has 2 rings (SSSR count). The molecule has 0 radical (unpaired) electrons. The summed E-state index contributed by atoms with van der Waals surface area (Å²) in [5.74, 6) is 0. The van der Waals surface area contributed by atoms with Gasteiger partial charge in [0.15, 0.2) is 0 Å². The van der Waals surface area contributed by atoms with E-state index < -0.39 is 0 Å². The van der Waals surface area contributed by atoms with Crippen molar-refractivity contribution in [3.63, 3.8) is 0 Å². The molecule has 0 N–H and O–H groups in total. The summed E-state index contributed by atoms with van der Waals surface area (Å²) < 4.78 is 0. The van der Waals surface area contributed by atoms with E-state index in [-0.39, 0.29) is 21.1 Å². The molecule has 2 aromatic heterocycles. The molecule has 0 saturated heterocycles. The molecule has 0 aromatic carbocycles. The second-order valence-corrected chi connectivity index (χ2v) is 3.50. The summed E-state index contributed by atoms with van der Waals surface area (Å²) in [4.78, 5) is 8.58. The summed E-state index contributed by atoms with van der Waals surface area (Å²) >= 11 is 0. The fourth-order valence-corrected chi connectivity index (χ4v) is 1.54. The van der Waals surface area contributed by atoms with Gasteiger partial charge in [-0.1, -0.05) is 12.1 Å². The summed E-state index contributed by atoms with van der Waals surface area (Å²) in [6.07, 6.45) is 6.84. The van der Waals surface area contributed by atoms with Crippen LogP contribution in [0.2, 0.25) is 0 Å². The molecule has 0 atom stereocenters. The summed E-state index contributed by atoms with van der Waals surface area (Å²) in [6, 6.07) is 12.1. The molecule has 2 heterocycles. The van der Waals surface area contributed by atoms with Crippen molar-refractivity contribution in [2.24, 2.45) is 0 Å². The molecular formula is C13H14N2Pt. The third-order valence-electron chi connectivity index (χ3n) is 2.32. The van der Waals surface area contributed by atoms with Gasteiger partial charge in [-0.05, 0) is 43.5 Å². The van der Waals surface area contributed by atoms with Gasteiger partial charge >= 0.3 is 0 Å². The molecule has 0 saturated carbocycles. The molecule has 0 aliphatic rings. The standard InChI is InChI=1S/C13H14N2.Pt/c1-3-10-14-12(6-1)8-5-9-13-7-2-4-11-15-13;/h1-4,6-7,10-11H,5,8-9H2;. The molecule has 16 heavy (non-hydrogen) atoms. The van der Waals surface area contributed by atoms with Crippen molar-refractivity contribution in [1.29, 1.82) is 0 Å². The second kappa shape index (κ2) is 7.29. The van der Waals surface area contributed by atoms with Crippen LogP contribution >= 0.6 is 0 Å². The first-order valence-electron chi connectivity index (χ1n) is 5.25. The van der Waals surface area contributed by atoms with Crippen LogP contribution in [0, 0.1) is 0 Å². The molecule has 0 aliphatic heterocycles. The number of pyridine rings is 2. The Labute approximate surface area is 110 Å². The van der Waals surface area contributed by atoms with Crippen LogP contribution in [0.1, 0.15) is 17.8 Å². The van der Waals surface area contributed by atoms with Gasteiger partial charge in [0.25, 0.3) is 0 Å². The number of nitrogens with zero attached hydrogens (tertiary/aromatic N) is 2. The first-order valence-corrected chi connectivity index (χ1v) is 5.25.